The number of rotatable bonds is 8. The molecule has 31 heavy (non-hydrogen) atoms. The first-order chi connectivity index (χ1) is 14.9. The quantitative estimate of drug-likeness (QED) is 0.220. The first-order valence-electron chi connectivity index (χ1n) is 8.96. The summed E-state index contributed by atoms with van der Waals surface area (Å²) < 4.78 is 2.02. The lowest BCUT2D eigenvalue weighted by molar-refractivity contribution is -0.159. The second-order valence-electron chi connectivity index (χ2n) is 5.79. The second-order valence-corrected chi connectivity index (χ2v) is 7.28. The van der Waals surface area contributed by atoms with Crippen molar-refractivity contribution in [2.75, 3.05) is 25.4 Å². The van der Waals surface area contributed by atoms with Crippen LogP contribution in [0.4, 0.5) is 0 Å². The van der Waals surface area contributed by atoms with Gasteiger partial charge in [0.15, 0.2) is 11.0 Å². The van der Waals surface area contributed by atoms with Crippen LogP contribution < -0.4 is 5.32 Å². The van der Waals surface area contributed by atoms with E-state index in [4.69, 9.17) is 36.5 Å². The fourth-order valence-electron chi connectivity index (χ4n) is 2.29. The molecular weight excluding hydrogens is 446 g/mol. The minimum absolute atomic E-state index is 0.137. The predicted molar refractivity (Wildman–Crippen MR) is 116 cm³/mol. The van der Waals surface area contributed by atoms with Crippen molar-refractivity contribution in [1.82, 2.24) is 25.1 Å². The van der Waals surface area contributed by atoms with E-state index < -0.39 is 11.9 Å². The number of pyridine rings is 1. The molecule has 0 unspecified atom stereocenters. The number of nitrogens with one attached hydrogen (secondary N) is 1. The van der Waals surface area contributed by atoms with Crippen molar-refractivity contribution in [2.45, 2.75) is 5.16 Å². The lowest BCUT2D eigenvalue weighted by Crippen LogP contribution is -2.20. The molecule has 0 aliphatic carbocycles. The third-order valence-electron chi connectivity index (χ3n) is 3.64. The highest BCUT2D eigenvalue weighted by molar-refractivity contribution is 7.99. The highest BCUT2D eigenvalue weighted by Gasteiger charge is 2.16. The summed E-state index contributed by atoms with van der Waals surface area (Å²) in [5.74, 6) is -2.07. The molecule has 0 spiro atoms. The van der Waals surface area contributed by atoms with Gasteiger partial charge < -0.3 is 20.6 Å². The summed E-state index contributed by atoms with van der Waals surface area (Å²) in [5, 5.41) is 37.0. The van der Waals surface area contributed by atoms with E-state index in [2.05, 4.69) is 20.5 Å². The number of thioether (sulfide) groups is 1. The van der Waals surface area contributed by atoms with Gasteiger partial charge in [-0.25, -0.2) is 9.59 Å². The second kappa shape index (κ2) is 12.6. The summed E-state index contributed by atoms with van der Waals surface area (Å²) in [7, 11) is 0. The summed E-state index contributed by atoms with van der Waals surface area (Å²) in [6.45, 7) is 1.51. The highest BCUT2D eigenvalue weighted by Crippen LogP contribution is 2.28. The molecule has 0 saturated heterocycles. The Morgan fingerprint density at radius 1 is 1.00 bits per heavy atom. The SMILES string of the molecule is O=C(O)C(=O)O.OCCNCCSc1nnc(-c2ccncc2)n1-c1ccc(Cl)cc1. The summed E-state index contributed by atoms with van der Waals surface area (Å²) in [6.07, 6.45) is 3.48. The van der Waals surface area contributed by atoms with Crippen LogP contribution in [0.3, 0.4) is 0 Å². The number of nitrogens with zero attached hydrogens (tertiary/aromatic N) is 4. The number of aliphatic hydroxyl groups is 1. The molecule has 0 atom stereocenters. The first-order valence-corrected chi connectivity index (χ1v) is 10.3. The topological polar surface area (TPSA) is 150 Å². The number of aliphatic hydroxyl groups excluding tert-OH is 1. The van der Waals surface area contributed by atoms with E-state index in [-0.39, 0.29) is 6.61 Å². The fourth-order valence-corrected chi connectivity index (χ4v) is 3.27. The van der Waals surface area contributed by atoms with E-state index in [0.717, 1.165) is 34.5 Å². The van der Waals surface area contributed by atoms with Gasteiger partial charge in [-0.3, -0.25) is 9.55 Å². The number of hydrogen-bond donors (Lipinski definition) is 4. The zero-order chi connectivity index (χ0) is 22.6. The Kier molecular flexibility index (Phi) is 9.91. The van der Waals surface area contributed by atoms with Gasteiger partial charge in [0, 0.05) is 47.5 Å². The molecule has 0 aliphatic rings. The fraction of sp³-hybridized carbons (Fsp3) is 0.211. The standard InChI is InChI=1S/C17H18ClN5OS.C2H2O4/c18-14-1-3-15(4-2-14)23-16(13-5-7-19-8-6-13)21-22-17(23)25-12-10-20-9-11-24;3-1(4)2(5)6/h1-8,20,24H,9-12H2;(H,3,4)(H,5,6). The Morgan fingerprint density at radius 3 is 2.23 bits per heavy atom. The number of aliphatic carboxylic acids is 2. The molecule has 0 bridgehead atoms. The molecule has 0 radical (unpaired) electrons. The van der Waals surface area contributed by atoms with Crippen LogP contribution in [0.25, 0.3) is 17.1 Å². The summed E-state index contributed by atoms with van der Waals surface area (Å²) >= 11 is 7.63. The highest BCUT2D eigenvalue weighted by atomic mass is 35.5. The number of halogens is 1. The summed E-state index contributed by atoms with van der Waals surface area (Å²) in [4.78, 5) is 22.3. The van der Waals surface area contributed by atoms with Crippen molar-refractivity contribution in [3.63, 3.8) is 0 Å². The third kappa shape index (κ3) is 7.64. The van der Waals surface area contributed by atoms with Gasteiger partial charge in [-0.15, -0.1) is 10.2 Å². The van der Waals surface area contributed by atoms with E-state index in [1.165, 1.54) is 0 Å². The van der Waals surface area contributed by atoms with E-state index in [1.54, 1.807) is 24.2 Å². The van der Waals surface area contributed by atoms with Crippen LogP contribution in [0.2, 0.25) is 5.02 Å². The van der Waals surface area contributed by atoms with Crippen LogP contribution in [0.1, 0.15) is 0 Å². The summed E-state index contributed by atoms with van der Waals surface area (Å²) in [5.41, 5.74) is 1.90. The lowest BCUT2D eigenvalue weighted by Gasteiger charge is -2.10. The smallest absolute Gasteiger partial charge is 0.414 e. The van der Waals surface area contributed by atoms with Crippen molar-refractivity contribution in [2.24, 2.45) is 0 Å². The van der Waals surface area contributed by atoms with Crippen molar-refractivity contribution < 1.29 is 24.9 Å². The maximum atomic E-state index is 9.10. The van der Waals surface area contributed by atoms with Gasteiger partial charge in [-0.2, -0.15) is 0 Å². The maximum absolute atomic E-state index is 9.10. The summed E-state index contributed by atoms with van der Waals surface area (Å²) in [6, 6.07) is 11.4. The minimum Gasteiger partial charge on any atom is -0.473 e. The van der Waals surface area contributed by atoms with Crippen molar-refractivity contribution >= 4 is 35.3 Å². The van der Waals surface area contributed by atoms with Crippen LogP contribution >= 0.6 is 23.4 Å². The number of aromatic nitrogens is 4. The first kappa shape index (κ1) is 24.3. The largest absolute Gasteiger partial charge is 0.473 e. The van der Waals surface area contributed by atoms with Gasteiger partial charge >= 0.3 is 11.9 Å². The van der Waals surface area contributed by atoms with E-state index in [1.807, 2.05) is 41.0 Å². The Balaban J connectivity index is 0.000000501. The lowest BCUT2D eigenvalue weighted by atomic mass is 10.2. The molecule has 164 valence electrons. The van der Waals surface area contributed by atoms with E-state index in [0.29, 0.717) is 11.6 Å². The Morgan fingerprint density at radius 2 is 1.65 bits per heavy atom. The number of carboxylic acids is 2. The van der Waals surface area contributed by atoms with Crippen LogP contribution in [-0.4, -0.2) is 72.5 Å². The zero-order valence-electron chi connectivity index (χ0n) is 16.2. The Hall–Kier alpha value is -2.99. The number of hydrogen-bond acceptors (Lipinski definition) is 8. The predicted octanol–water partition coefficient (Wildman–Crippen LogP) is 1.81. The van der Waals surface area contributed by atoms with Gasteiger partial charge in [0.2, 0.25) is 0 Å². The molecule has 3 rings (SSSR count). The Labute approximate surface area is 186 Å². The Bertz CT molecular complexity index is 973. The maximum Gasteiger partial charge on any atom is 0.414 e. The monoisotopic (exact) mass is 465 g/mol. The molecule has 12 heteroatoms. The molecular formula is C19H20ClN5O5S. The van der Waals surface area contributed by atoms with Gasteiger partial charge in [-0.05, 0) is 36.4 Å². The van der Waals surface area contributed by atoms with Gasteiger partial charge in [0.05, 0.1) is 6.61 Å². The van der Waals surface area contributed by atoms with Crippen LogP contribution in [0, 0.1) is 0 Å². The number of benzene rings is 1. The van der Waals surface area contributed by atoms with Crippen LogP contribution in [0.15, 0.2) is 53.9 Å². The average Bonchev–Trinajstić information content (AvgIpc) is 3.19. The molecule has 4 N–H and O–H groups in total. The van der Waals surface area contributed by atoms with Crippen molar-refractivity contribution in [3.8, 4) is 17.1 Å². The zero-order valence-corrected chi connectivity index (χ0v) is 17.8. The molecule has 10 nitrogen and oxygen atoms in total. The van der Waals surface area contributed by atoms with Crippen molar-refractivity contribution in [1.29, 1.82) is 0 Å². The molecule has 0 amide bonds. The molecule has 0 saturated carbocycles. The van der Waals surface area contributed by atoms with E-state index in [9.17, 15) is 0 Å². The van der Waals surface area contributed by atoms with E-state index >= 15 is 0 Å². The van der Waals surface area contributed by atoms with Crippen LogP contribution in [-0.2, 0) is 9.59 Å². The number of carbonyl (C=O) groups is 2. The molecule has 1 aromatic carbocycles. The van der Waals surface area contributed by atoms with Gasteiger partial charge in [0.25, 0.3) is 0 Å². The molecule has 3 aromatic rings. The third-order valence-corrected chi connectivity index (χ3v) is 4.82. The van der Waals surface area contributed by atoms with Crippen molar-refractivity contribution in [3.05, 3.63) is 53.8 Å². The average molecular weight is 466 g/mol. The molecule has 0 fully saturated rings. The normalized spacial score (nSPS) is 10.3. The number of carboxylic acid groups (broad SMARTS) is 2. The minimum atomic E-state index is -1.82. The molecule has 0 aliphatic heterocycles. The van der Waals surface area contributed by atoms with Gasteiger partial charge in [-0.1, -0.05) is 23.4 Å². The molecule has 2 aromatic heterocycles. The van der Waals surface area contributed by atoms with Gasteiger partial charge in [0.1, 0.15) is 0 Å². The van der Waals surface area contributed by atoms with Crippen LogP contribution in [0.5, 0.6) is 0 Å². The molecule has 2 heterocycles.